The number of para-hydroxylation sites is 3. The smallest absolute Gasteiger partial charge is 0.145 e. The van der Waals surface area contributed by atoms with Gasteiger partial charge in [-0.2, -0.15) is 0 Å². The van der Waals surface area contributed by atoms with Crippen molar-refractivity contribution in [2.75, 3.05) is 0 Å². The lowest BCUT2D eigenvalue weighted by atomic mass is 10.2. The van der Waals surface area contributed by atoms with Crippen LogP contribution in [0.3, 0.4) is 0 Å². The van der Waals surface area contributed by atoms with E-state index in [1.807, 2.05) is 12.3 Å². The first-order valence-corrected chi connectivity index (χ1v) is 10.8. The van der Waals surface area contributed by atoms with Crippen LogP contribution in [0.25, 0.3) is 55.1 Å². The molecule has 32 heavy (non-hydrogen) atoms. The number of hydrogen-bond acceptors (Lipinski definition) is 1. The highest BCUT2D eigenvalue weighted by Gasteiger charge is 2.14. The fourth-order valence-electron chi connectivity index (χ4n) is 5.01. The van der Waals surface area contributed by atoms with Gasteiger partial charge in [-0.1, -0.05) is 54.6 Å². The Bertz CT molecular complexity index is 1530. The van der Waals surface area contributed by atoms with Crippen LogP contribution in [0.1, 0.15) is 0 Å². The van der Waals surface area contributed by atoms with Crippen molar-refractivity contribution in [2.45, 2.75) is 0 Å². The number of hydrogen-bond donors (Lipinski definition) is 0. The van der Waals surface area contributed by atoms with Crippen LogP contribution in [-0.2, 0) is 0 Å². The van der Waals surface area contributed by atoms with Gasteiger partial charge in [0.1, 0.15) is 5.65 Å². The van der Waals surface area contributed by atoms with Crippen LogP contribution < -0.4 is 0 Å². The van der Waals surface area contributed by atoms with Crippen LogP contribution in [0.2, 0.25) is 0 Å². The maximum atomic E-state index is 4.71. The molecular formula is C29H19N3. The Morgan fingerprint density at radius 2 is 0.844 bits per heavy atom. The van der Waals surface area contributed by atoms with Crippen molar-refractivity contribution in [1.29, 1.82) is 0 Å². The van der Waals surface area contributed by atoms with E-state index in [0.29, 0.717) is 0 Å². The Morgan fingerprint density at radius 3 is 1.44 bits per heavy atom. The molecule has 7 aromatic rings. The van der Waals surface area contributed by atoms with E-state index in [0.717, 1.165) is 17.0 Å². The highest BCUT2D eigenvalue weighted by Crippen LogP contribution is 2.33. The fourth-order valence-corrected chi connectivity index (χ4v) is 5.01. The summed E-state index contributed by atoms with van der Waals surface area (Å²) in [6, 6.07) is 38.7. The molecule has 0 fully saturated rings. The molecule has 0 aliphatic rings. The highest BCUT2D eigenvalue weighted by atomic mass is 15.0. The molecule has 0 unspecified atom stereocenters. The molecule has 7 rings (SSSR count). The minimum Gasteiger partial charge on any atom is -0.309 e. The number of nitrogens with zero attached hydrogens (tertiary/aromatic N) is 3. The van der Waals surface area contributed by atoms with Crippen molar-refractivity contribution in [1.82, 2.24) is 14.1 Å². The van der Waals surface area contributed by atoms with E-state index in [9.17, 15) is 0 Å². The number of rotatable bonds is 2. The predicted molar refractivity (Wildman–Crippen MR) is 133 cm³/mol. The summed E-state index contributed by atoms with van der Waals surface area (Å²) in [6.07, 6.45) is 1.87. The summed E-state index contributed by atoms with van der Waals surface area (Å²) >= 11 is 0. The Balaban J connectivity index is 1.47. The Morgan fingerprint density at radius 1 is 0.406 bits per heavy atom. The molecule has 0 radical (unpaired) electrons. The number of aromatic nitrogens is 3. The number of benzene rings is 4. The average molecular weight is 409 g/mol. The lowest BCUT2D eigenvalue weighted by Crippen LogP contribution is -1.97. The van der Waals surface area contributed by atoms with Gasteiger partial charge in [-0.25, -0.2) is 4.98 Å². The topological polar surface area (TPSA) is 22.8 Å². The quantitative estimate of drug-likeness (QED) is 0.294. The van der Waals surface area contributed by atoms with Crippen LogP contribution in [0.4, 0.5) is 0 Å². The molecule has 0 saturated carbocycles. The SMILES string of the molecule is c1ccc2c(c1)c1ccccc1n2-c1ccc(-n2c3ccccc3c3cccnc32)cc1. The Hall–Kier alpha value is -4.37. The van der Waals surface area contributed by atoms with Gasteiger partial charge in [-0.15, -0.1) is 0 Å². The first-order valence-electron chi connectivity index (χ1n) is 10.8. The molecule has 0 N–H and O–H groups in total. The molecule has 0 atom stereocenters. The summed E-state index contributed by atoms with van der Waals surface area (Å²) in [7, 11) is 0. The first kappa shape index (κ1) is 17.3. The fraction of sp³-hybridized carbons (Fsp3) is 0. The lowest BCUT2D eigenvalue weighted by Gasteiger charge is -2.11. The van der Waals surface area contributed by atoms with Gasteiger partial charge in [0.15, 0.2) is 0 Å². The minimum absolute atomic E-state index is 0.985. The third kappa shape index (κ3) is 2.33. The molecule has 150 valence electrons. The van der Waals surface area contributed by atoms with Crippen molar-refractivity contribution in [3.63, 3.8) is 0 Å². The summed E-state index contributed by atoms with van der Waals surface area (Å²) in [5.41, 5.74) is 6.86. The van der Waals surface area contributed by atoms with E-state index in [2.05, 4.69) is 112 Å². The van der Waals surface area contributed by atoms with Gasteiger partial charge >= 0.3 is 0 Å². The maximum Gasteiger partial charge on any atom is 0.145 e. The molecule has 0 amide bonds. The molecular weight excluding hydrogens is 390 g/mol. The maximum absolute atomic E-state index is 4.71. The molecule has 3 heterocycles. The van der Waals surface area contributed by atoms with Crippen LogP contribution >= 0.6 is 0 Å². The van der Waals surface area contributed by atoms with E-state index >= 15 is 0 Å². The monoisotopic (exact) mass is 409 g/mol. The second-order valence-corrected chi connectivity index (χ2v) is 8.11. The van der Waals surface area contributed by atoms with Gasteiger partial charge in [0.05, 0.1) is 16.6 Å². The van der Waals surface area contributed by atoms with Gasteiger partial charge < -0.3 is 4.57 Å². The number of fused-ring (bicyclic) bond motifs is 6. The van der Waals surface area contributed by atoms with Gasteiger partial charge in [0.2, 0.25) is 0 Å². The van der Waals surface area contributed by atoms with Crippen molar-refractivity contribution < 1.29 is 0 Å². The van der Waals surface area contributed by atoms with Crippen LogP contribution in [0.15, 0.2) is 115 Å². The molecule has 4 aromatic carbocycles. The standard InChI is InChI=1S/C29H19N3/c1-4-12-26-22(8-1)23-9-2-5-13-27(23)31(26)20-15-17-21(18-16-20)32-28-14-6-3-10-24(28)25-11-7-19-30-29(25)32/h1-19H. The van der Waals surface area contributed by atoms with Gasteiger partial charge in [-0.3, -0.25) is 4.57 Å². The molecule has 0 aliphatic heterocycles. The molecule has 0 bridgehead atoms. The summed E-state index contributed by atoms with van der Waals surface area (Å²) in [5.74, 6) is 0. The molecule has 3 heteroatoms. The van der Waals surface area contributed by atoms with E-state index in [1.165, 1.54) is 38.1 Å². The zero-order valence-corrected chi connectivity index (χ0v) is 17.3. The van der Waals surface area contributed by atoms with Gasteiger partial charge in [-0.05, 0) is 54.6 Å². The predicted octanol–water partition coefficient (Wildman–Crippen LogP) is 7.28. The molecule has 3 nitrogen and oxygen atoms in total. The van der Waals surface area contributed by atoms with Crippen LogP contribution in [0.5, 0.6) is 0 Å². The molecule has 0 spiro atoms. The van der Waals surface area contributed by atoms with Crippen molar-refractivity contribution in [3.8, 4) is 11.4 Å². The molecule has 0 saturated heterocycles. The van der Waals surface area contributed by atoms with Crippen molar-refractivity contribution in [3.05, 3.63) is 115 Å². The second-order valence-electron chi connectivity index (χ2n) is 8.11. The Kier molecular flexibility index (Phi) is 3.55. The van der Waals surface area contributed by atoms with E-state index in [1.54, 1.807) is 0 Å². The van der Waals surface area contributed by atoms with Crippen molar-refractivity contribution in [2.24, 2.45) is 0 Å². The summed E-state index contributed by atoms with van der Waals surface area (Å²) in [6.45, 7) is 0. The lowest BCUT2D eigenvalue weighted by molar-refractivity contribution is 1.12. The van der Waals surface area contributed by atoms with Crippen LogP contribution in [-0.4, -0.2) is 14.1 Å². The largest absolute Gasteiger partial charge is 0.309 e. The minimum atomic E-state index is 0.985. The highest BCUT2D eigenvalue weighted by molar-refractivity contribution is 6.09. The Labute approximate surface area is 184 Å². The molecule has 0 aliphatic carbocycles. The third-order valence-corrected chi connectivity index (χ3v) is 6.38. The van der Waals surface area contributed by atoms with Gasteiger partial charge in [0, 0.05) is 39.1 Å². The summed E-state index contributed by atoms with van der Waals surface area (Å²) in [5, 5.41) is 4.95. The van der Waals surface area contributed by atoms with E-state index < -0.39 is 0 Å². The normalized spacial score (nSPS) is 11.8. The summed E-state index contributed by atoms with van der Waals surface area (Å²) < 4.78 is 4.60. The zero-order chi connectivity index (χ0) is 21.1. The van der Waals surface area contributed by atoms with E-state index in [4.69, 9.17) is 4.98 Å². The van der Waals surface area contributed by atoms with Crippen molar-refractivity contribution >= 4 is 43.7 Å². The number of pyridine rings is 1. The van der Waals surface area contributed by atoms with Gasteiger partial charge in [0.25, 0.3) is 0 Å². The average Bonchev–Trinajstić information content (AvgIpc) is 3.38. The molecule has 3 aromatic heterocycles. The zero-order valence-electron chi connectivity index (χ0n) is 17.3. The third-order valence-electron chi connectivity index (χ3n) is 6.38. The van der Waals surface area contributed by atoms with Crippen LogP contribution in [0, 0.1) is 0 Å². The first-order chi connectivity index (χ1) is 15.9. The van der Waals surface area contributed by atoms with E-state index in [-0.39, 0.29) is 0 Å². The second kappa shape index (κ2) is 6.56. The summed E-state index contributed by atoms with van der Waals surface area (Å²) in [4.78, 5) is 4.71.